The van der Waals surface area contributed by atoms with Gasteiger partial charge in [-0.05, 0) is 66.7 Å². The van der Waals surface area contributed by atoms with Crippen molar-refractivity contribution in [3.05, 3.63) is 65.7 Å². The van der Waals surface area contributed by atoms with Crippen molar-refractivity contribution in [3.63, 3.8) is 0 Å². The Balaban J connectivity index is 2.02. The summed E-state index contributed by atoms with van der Waals surface area (Å²) in [7, 11) is -3.39. The molecule has 0 amide bonds. The molecular weight excluding hydrogens is 399 g/mol. The Morgan fingerprint density at radius 1 is 1.07 bits per heavy atom. The third-order valence-electron chi connectivity index (χ3n) is 3.36. The number of benzene rings is 2. The summed E-state index contributed by atoms with van der Waals surface area (Å²) in [4.78, 5) is 12.2. The highest BCUT2D eigenvalue weighted by Gasteiger charge is 2.28. The maximum atomic E-state index is 12.3. The fraction of sp³-hybridized carbons (Fsp3) is 0.167. The number of nitrogens with one attached hydrogen (secondary N) is 1. The summed E-state index contributed by atoms with van der Waals surface area (Å²) in [5.74, 6) is -0.370. The van der Waals surface area contributed by atoms with Gasteiger partial charge in [0.25, 0.3) is 0 Å². The molecule has 0 aliphatic heterocycles. The lowest BCUT2D eigenvalue weighted by molar-refractivity contribution is -0.0328. The minimum atomic E-state index is -4.34. The molecule has 2 rings (SSSR count). The normalized spacial score (nSPS) is 12.3. The molecule has 144 valence electrons. The number of hydrogen-bond donors (Lipinski definition) is 1. The first-order chi connectivity index (χ1) is 12.6. The zero-order chi connectivity index (χ0) is 20.1. The summed E-state index contributed by atoms with van der Waals surface area (Å²) in [6, 6.07) is 11.6. The van der Waals surface area contributed by atoms with Crippen LogP contribution in [0.2, 0.25) is 0 Å². The molecule has 9 heteroatoms. The number of rotatable bonds is 7. The molecule has 0 fully saturated rings. The van der Waals surface area contributed by atoms with Gasteiger partial charge in [-0.2, -0.15) is 13.2 Å². The summed E-state index contributed by atoms with van der Waals surface area (Å²) in [6.07, 6.45) is 2.80. The number of halogens is 3. The van der Waals surface area contributed by atoms with Crippen LogP contribution in [0.5, 0.6) is 0 Å². The molecule has 0 spiro atoms. The van der Waals surface area contributed by atoms with Crippen LogP contribution in [0.15, 0.2) is 59.5 Å². The first kappa shape index (κ1) is 21.0. The van der Waals surface area contributed by atoms with Gasteiger partial charge in [0, 0.05) is 16.1 Å². The van der Waals surface area contributed by atoms with Gasteiger partial charge in [-0.15, -0.1) is 0 Å². The fourth-order valence-electron chi connectivity index (χ4n) is 2.00. The van der Waals surface area contributed by atoms with Crippen molar-refractivity contribution in [2.75, 3.05) is 10.5 Å². The van der Waals surface area contributed by atoms with E-state index in [4.69, 9.17) is 0 Å². The highest BCUT2D eigenvalue weighted by atomic mass is 32.2. The highest BCUT2D eigenvalue weighted by molar-refractivity contribution is 8.00. The molecule has 4 nitrogen and oxygen atoms in total. The molecule has 2 aromatic carbocycles. The maximum absolute atomic E-state index is 12.3. The number of carbonyl (C=O) groups excluding carboxylic acids is 1. The molecule has 0 atom stereocenters. The van der Waals surface area contributed by atoms with Crippen LogP contribution in [0.1, 0.15) is 22.8 Å². The Bertz CT molecular complexity index is 920. The second-order valence-corrected chi connectivity index (χ2v) is 8.55. The lowest BCUT2D eigenvalue weighted by atomic mass is 10.1. The topological polar surface area (TPSA) is 63.2 Å². The van der Waals surface area contributed by atoms with Gasteiger partial charge in [0.05, 0.1) is 5.75 Å². The molecule has 0 aliphatic rings. The molecule has 1 N–H and O–H groups in total. The van der Waals surface area contributed by atoms with E-state index in [1.165, 1.54) is 67.6 Å². The van der Waals surface area contributed by atoms with Crippen LogP contribution in [0.4, 0.5) is 18.9 Å². The van der Waals surface area contributed by atoms with Crippen LogP contribution >= 0.6 is 11.8 Å². The number of sulfonamides is 1. The van der Waals surface area contributed by atoms with Gasteiger partial charge in [-0.25, -0.2) is 8.42 Å². The van der Waals surface area contributed by atoms with Crippen LogP contribution in [0.3, 0.4) is 0 Å². The smallest absolute Gasteiger partial charge is 0.289 e. The predicted octanol–water partition coefficient (Wildman–Crippen LogP) is 4.96. The van der Waals surface area contributed by atoms with Crippen molar-refractivity contribution in [3.8, 4) is 0 Å². The minimum absolute atomic E-state index is 0.0588. The minimum Gasteiger partial charge on any atom is -0.289 e. The van der Waals surface area contributed by atoms with Gasteiger partial charge in [0.15, 0.2) is 5.78 Å². The second kappa shape index (κ2) is 8.62. The van der Waals surface area contributed by atoms with Crippen molar-refractivity contribution >= 4 is 39.3 Å². The number of ketones is 1. The monoisotopic (exact) mass is 415 g/mol. The van der Waals surface area contributed by atoms with E-state index in [-0.39, 0.29) is 28.2 Å². The largest absolute Gasteiger partial charge is 0.446 e. The molecule has 0 unspecified atom stereocenters. The Hall–Kier alpha value is -2.26. The first-order valence-electron chi connectivity index (χ1n) is 7.77. The summed E-state index contributed by atoms with van der Waals surface area (Å²) in [6.45, 7) is 1.51. The van der Waals surface area contributed by atoms with Crippen molar-refractivity contribution in [1.29, 1.82) is 0 Å². The lowest BCUT2D eigenvalue weighted by Gasteiger charge is -2.06. The highest BCUT2D eigenvalue weighted by Crippen LogP contribution is 2.36. The van der Waals surface area contributed by atoms with Crippen LogP contribution in [-0.2, 0) is 10.0 Å². The van der Waals surface area contributed by atoms with Crippen molar-refractivity contribution in [2.24, 2.45) is 0 Å². The lowest BCUT2D eigenvalue weighted by Crippen LogP contribution is -2.14. The van der Waals surface area contributed by atoms with Gasteiger partial charge < -0.3 is 0 Å². The number of allylic oxidation sites excluding steroid dienone is 1. The Kier molecular flexibility index (Phi) is 6.72. The number of carbonyl (C=O) groups is 1. The van der Waals surface area contributed by atoms with E-state index in [0.717, 1.165) is 0 Å². The van der Waals surface area contributed by atoms with E-state index in [1.54, 1.807) is 0 Å². The second-order valence-electron chi connectivity index (χ2n) is 5.40. The van der Waals surface area contributed by atoms with Gasteiger partial charge in [-0.3, -0.25) is 9.52 Å². The average molecular weight is 415 g/mol. The van der Waals surface area contributed by atoms with Crippen molar-refractivity contribution in [2.45, 2.75) is 17.3 Å². The summed E-state index contributed by atoms with van der Waals surface area (Å²) in [5, 5.41) is 0. The zero-order valence-corrected chi connectivity index (χ0v) is 15.8. The van der Waals surface area contributed by atoms with Gasteiger partial charge in [-0.1, -0.05) is 18.2 Å². The van der Waals surface area contributed by atoms with Gasteiger partial charge >= 0.3 is 5.51 Å². The number of thioether (sulfide) groups is 1. The molecule has 0 radical (unpaired) electrons. The zero-order valence-electron chi connectivity index (χ0n) is 14.2. The van der Waals surface area contributed by atoms with Gasteiger partial charge in [0.1, 0.15) is 0 Å². The molecular formula is C18H16F3NO3S2. The van der Waals surface area contributed by atoms with Gasteiger partial charge in [0.2, 0.25) is 10.0 Å². The molecule has 0 aromatic heterocycles. The first-order valence-corrected chi connectivity index (χ1v) is 10.2. The van der Waals surface area contributed by atoms with Crippen molar-refractivity contribution in [1.82, 2.24) is 0 Å². The quantitative estimate of drug-likeness (QED) is 0.395. The standard InChI is InChI=1S/C18H16F3NO3S2/c1-2-27(24,25)22-15-8-6-14(7-9-15)17(23)12-5-13-3-10-16(11-4-13)26-18(19,20)21/h3-12,22H,2H2,1H3/b12-5+. The molecule has 0 bridgehead atoms. The summed E-state index contributed by atoms with van der Waals surface area (Å²) in [5.41, 5.74) is -3.04. The molecule has 0 aliphatic carbocycles. The number of alkyl halides is 3. The predicted molar refractivity (Wildman–Crippen MR) is 101 cm³/mol. The fourth-order valence-corrected chi connectivity index (χ4v) is 3.18. The van der Waals surface area contributed by atoms with Crippen molar-refractivity contribution < 1.29 is 26.4 Å². The van der Waals surface area contributed by atoms with E-state index < -0.39 is 15.5 Å². The Morgan fingerprint density at radius 3 is 2.19 bits per heavy atom. The Morgan fingerprint density at radius 2 is 1.67 bits per heavy atom. The maximum Gasteiger partial charge on any atom is 0.446 e. The van der Waals surface area contributed by atoms with Crippen LogP contribution in [0, 0.1) is 0 Å². The third-order valence-corrected chi connectivity index (χ3v) is 5.41. The number of hydrogen-bond acceptors (Lipinski definition) is 4. The molecule has 27 heavy (non-hydrogen) atoms. The SMILES string of the molecule is CCS(=O)(=O)Nc1ccc(C(=O)/C=C/c2ccc(SC(F)(F)F)cc2)cc1. The van der Waals surface area contributed by atoms with E-state index in [0.29, 0.717) is 16.8 Å². The van der Waals surface area contributed by atoms with E-state index in [9.17, 15) is 26.4 Å². The average Bonchev–Trinajstić information content (AvgIpc) is 2.60. The van der Waals surface area contributed by atoms with Crippen LogP contribution < -0.4 is 4.72 Å². The Labute approximate surface area is 159 Å². The van der Waals surface area contributed by atoms with E-state index in [1.807, 2.05) is 0 Å². The summed E-state index contributed by atoms with van der Waals surface area (Å²) >= 11 is -0.202. The number of anilines is 1. The molecule has 0 saturated heterocycles. The third kappa shape index (κ3) is 7.10. The molecule has 0 saturated carbocycles. The molecule has 0 heterocycles. The molecule has 2 aromatic rings. The van der Waals surface area contributed by atoms with E-state index in [2.05, 4.69) is 4.72 Å². The van der Waals surface area contributed by atoms with Crippen LogP contribution in [0.25, 0.3) is 6.08 Å². The van der Waals surface area contributed by atoms with Crippen LogP contribution in [-0.4, -0.2) is 25.5 Å². The van der Waals surface area contributed by atoms with E-state index >= 15 is 0 Å². The summed E-state index contributed by atoms with van der Waals surface area (Å²) < 4.78 is 62.2.